The second kappa shape index (κ2) is 8.86. The summed E-state index contributed by atoms with van der Waals surface area (Å²) in [4.78, 5) is 29.3. The topological polar surface area (TPSA) is 71.1 Å². The summed E-state index contributed by atoms with van der Waals surface area (Å²) in [6.45, 7) is 5.64. The van der Waals surface area contributed by atoms with Gasteiger partial charge in [0.05, 0.1) is 21.3 Å². The molecule has 0 saturated carbocycles. The molecule has 0 fully saturated rings. The summed E-state index contributed by atoms with van der Waals surface area (Å²) in [6.07, 6.45) is 1.68. The lowest BCUT2D eigenvalue weighted by atomic mass is 10.1. The first kappa shape index (κ1) is 21.8. The molecule has 7 heteroatoms. The monoisotopic (exact) mass is 441 g/mol. The summed E-state index contributed by atoms with van der Waals surface area (Å²) in [5.74, 6) is -0.647. The molecule has 1 aromatic heterocycles. The third-order valence-corrected chi connectivity index (χ3v) is 4.77. The fourth-order valence-corrected chi connectivity index (χ4v) is 3.25. The Morgan fingerprint density at radius 2 is 1.67 bits per heavy atom. The van der Waals surface area contributed by atoms with E-state index in [2.05, 4.69) is 15.6 Å². The van der Waals surface area contributed by atoms with Crippen LogP contribution in [0.2, 0.25) is 10.0 Å². The first-order chi connectivity index (χ1) is 14.1. The number of hydrogen-bond donors (Lipinski definition) is 2. The molecule has 5 nitrogen and oxygen atoms in total. The minimum Gasteiger partial charge on any atom is -0.347 e. The van der Waals surface area contributed by atoms with Gasteiger partial charge in [-0.1, -0.05) is 29.3 Å². The average Bonchev–Trinajstić information content (AvgIpc) is 2.68. The van der Waals surface area contributed by atoms with Crippen LogP contribution in [0, 0.1) is 0 Å². The van der Waals surface area contributed by atoms with E-state index in [-0.39, 0.29) is 16.8 Å². The number of anilines is 1. The van der Waals surface area contributed by atoms with Crippen LogP contribution in [0.15, 0.2) is 60.8 Å². The van der Waals surface area contributed by atoms with Gasteiger partial charge in [0, 0.05) is 28.6 Å². The van der Waals surface area contributed by atoms with E-state index in [4.69, 9.17) is 23.2 Å². The zero-order valence-electron chi connectivity index (χ0n) is 16.8. The van der Waals surface area contributed by atoms with Crippen molar-refractivity contribution in [3.63, 3.8) is 0 Å². The maximum Gasteiger partial charge on any atom is 0.255 e. The van der Waals surface area contributed by atoms with E-state index in [1.54, 1.807) is 36.5 Å². The number of amides is 2. The molecule has 30 heavy (non-hydrogen) atoms. The Morgan fingerprint density at radius 1 is 0.900 bits per heavy atom. The van der Waals surface area contributed by atoms with E-state index in [9.17, 15) is 9.59 Å². The number of carbonyl (C=O) groups excluding carboxylic acids is 2. The third-order valence-electron chi connectivity index (χ3n) is 4.13. The summed E-state index contributed by atoms with van der Waals surface area (Å²) in [7, 11) is 0. The molecule has 0 unspecified atom stereocenters. The number of hydrogen-bond acceptors (Lipinski definition) is 3. The van der Waals surface area contributed by atoms with Gasteiger partial charge in [0.2, 0.25) is 0 Å². The summed E-state index contributed by atoms with van der Waals surface area (Å²) in [6, 6.07) is 15.3. The van der Waals surface area contributed by atoms with Gasteiger partial charge in [-0.15, -0.1) is 0 Å². The molecule has 154 valence electrons. The zero-order chi connectivity index (χ0) is 21.9. The van der Waals surface area contributed by atoms with Crippen LogP contribution in [0.5, 0.6) is 0 Å². The van der Waals surface area contributed by atoms with Crippen LogP contribution in [-0.2, 0) is 0 Å². The molecule has 3 rings (SSSR count). The minimum atomic E-state index is -0.393. The van der Waals surface area contributed by atoms with E-state index >= 15 is 0 Å². The van der Waals surface area contributed by atoms with E-state index in [0.29, 0.717) is 33.1 Å². The number of nitrogens with one attached hydrogen (secondary N) is 2. The van der Waals surface area contributed by atoms with Crippen molar-refractivity contribution in [2.75, 3.05) is 5.32 Å². The third kappa shape index (κ3) is 5.38. The molecular formula is C23H21Cl2N3O2. The lowest BCUT2D eigenvalue weighted by Gasteiger charge is -2.21. The molecule has 1 heterocycles. The first-order valence-corrected chi connectivity index (χ1v) is 10.0. The van der Waals surface area contributed by atoms with Crippen LogP contribution in [0.3, 0.4) is 0 Å². The predicted octanol–water partition coefficient (Wildman–Crippen LogP) is 5.84. The van der Waals surface area contributed by atoms with Crippen LogP contribution < -0.4 is 10.6 Å². The number of carbonyl (C=O) groups is 2. The molecule has 0 bridgehead atoms. The van der Waals surface area contributed by atoms with Crippen molar-refractivity contribution in [2.45, 2.75) is 26.3 Å². The molecule has 0 aliphatic carbocycles. The quantitative estimate of drug-likeness (QED) is 0.534. The van der Waals surface area contributed by atoms with Crippen LogP contribution in [0.25, 0.3) is 11.3 Å². The Labute approximate surface area is 185 Å². The van der Waals surface area contributed by atoms with E-state index < -0.39 is 5.54 Å². The predicted molar refractivity (Wildman–Crippen MR) is 121 cm³/mol. The maximum absolute atomic E-state index is 12.7. The maximum atomic E-state index is 12.7. The van der Waals surface area contributed by atoms with Crippen molar-refractivity contribution in [3.8, 4) is 11.3 Å². The number of nitrogens with zero attached hydrogens (tertiary/aromatic N) is 1. The highest BCUT2D eigenvalue weighted by Gasteiger charge is 2.19. The Kier molecular flexibility index (Phi) is 6.44. The molecule has 0 atom stereocenters. The number of pyridine rings is 1. The summed E-state index contributed by atoms with van der Waals surface area (Å²) in [5.41, 5.74) is 2.23. The summed E-state index contributed by atoms with van der Waals surface area (Å²) >= 11 is 12.5. The summed E-state index contributed by atoms with van der Waals surface area (Å²) in [5, 5.41) is 6.41. The molecule has 3 aromatic rings. The smallest absolute Gasteiger partial charge is 0.255 e. The first-order valence-electron chi connectivity index (χ1n) is 9.28. The highest BCUT2D eigenvalue weighted by molar-refractivity contribution is 6.34. The van der Waals surface area contributed by atoms with Crippen LogP contribution >= 0.6 is 23.2 Å². The standard InChI is InChI=1S/C23H21Cl2N3O2/c1-23(2,3)28-22(30)16-9-7-14(12-19(16)25)21(29)27-15-8-10-18(24)17(13-15)20-6-4-5-11-26-20/h4-13H,1-3H3,(H,27,29)(H,28,30). The molecular weight excluding hydrogens is 421 g/mol. The lowest BCUT2D eigenvalue weighted by Crippen LogP contribution is -2.40. The molecule has 2 aromatic carbocycles. The van der Waals surface area contributed by atoms with Gasteiger partial charge >= 0.3 is 0 Å². The molecule has 0 radical (unpaired) electrons. The molecule has 0 saturated heterocycles. The second-order valence-electron chi connectivity index (χ2n) is 7.76. The van der Waals surface area contributed by atoms with Crippen LogP contribution in [-0.4, -0.2) is 22.3 Å². The van der Waals surface area contributed by atoms with Gasteiger partial charge in [0.25, 0.3) is 11.8 Å². The highest BCUT2D eigenvalue weighted by Crippen LogP contribution is 2.29. The molecule has 0 aliphatic heterocycles. The van der Waals surface area contributed by atoms with Crippen LogP contribution in [0.4, 0.5) is 5.69 Å². The number of benzene rings is 2. The van der Waals surface area contributed by atoms with E-state index in [1.807, 2.05) is 39.0 Å². The Bertz CT molecular complexity index is 1090. The number of halogens is 2. The van der Waals surface area contributed by atoms with Gasteiger partial charge < -0.3 is 10.6 Å². The Balaban J connectivity index is 1.80. The molecule has 2 amide bonds. The fraction of sp³-hybridized carbons (Fsp3) is 0.174. The Hall–Kier alpha value is -2.89. The largest absolute Gasteiger partial charge is 0.347 e. The zero-order valence-corrected chi connectivity index (χ0v) is 18.3. The van der Waals surface area contributed by atoms with E-state index in [1.165, 1.54) is 6.07 Å². The number of rotatable bonds is 4. The second-order valence-corrected chi connectivity index (χ2v) is 8.58. The summed E-state index contributed by atoms with van der Waals surface area (Å²) < 4.78 is 0. The Morgan fingerprint density at radius 3 is 2.30 bits per heavy atom. The minimum absolute atomic E-state index is 0.203. The van der Waals surface area contributed by atoms with Gasteiger partial charge in [-0.25, -0.2) is 0 Å². The van der Waals surface area contributed by atoms with Crippen LogP contribution in [0.1, 0.15) is 41.5 Å². The normalized spacial score (nSPS) is 11.1. The molecule has 0 aliphatic rings. The van der Waals surface area contributed by atoms with Crippen molar-refractivity contribution >= 4 is 40.7 Å². The van der Waals surface area contributed by atoms with Crippen molar-refractivity contribution in [1.29, 1.82) is 0 Å². The van der Waals surface area contributed by atoms with Crippen molar-refractivity contribution in [1.82, 2.24) is 10.3 Å². The molecule has 2 N–H and O–H groups in total. The van der Waals surface area contributed by atoms with Crippen molar-refractivity contribution in [3.05, 3.63) is 82.0 Å². The van der Waals surface area contributed by atoms with Gasteiger partial charge in [0.1, 0.15) is 0 Å². The lowest BCUT2D eigenvalue weighted by molar-refractivity contribution is 0.0918. The SMILES string of the molecule is CC(C)(C)NC(=O)c1ccc(C(=O)Nc2ccc(Cl)c(-c3ccccn3)c2)cc1Cl. The van der Waals surface area contributed by atoms with Gasteiger partial charge in [0.15, 0.2) is 0 Å². The van der Waals surface area contributed by atoms with Gasteiger partial charge in [-0.3, -0.25) is 14.6 Å². The highest BCUT2D eigenvalue weighted by atomic mass is 35.5. The fourth-order valence-electron chi connectivity index (χ4n) is 2.77. The average molecular weight is 442 g/mol. The van der Waals surface area contributed by atoms with Gasteiger partial charge in [-0.2, -0.15) is 0 Å². The molecule has 0 spiro atoms. The van der Waals surface area contributed by atoms with Crippen molar-refractivity contribution in [2.24, 2.45) is 0 Å². The van der Waals surface area contributed by atoms with E-state index in [0.717, 1.165) is 0 Å². The number of aromatic nitrogens is 1. The van der Waals surface area contributed by atoms with Crippen molar-refractivity contribution < 1.29 is 9.59 Å². The van der Waals surface area contributed by atoms with Gasteiger partial charge in [-0.05, 0) is 69.3 Å².